The topological polar surface area (TPSA) is 79.0 Å². The van der Waals surface area contributed by atoms with Crippen LogP contribution >= 0.6 is 0 Å². The van der Waals surface area contributed by atoms with Gasteiger partial charge in [0.25, 0.3) is 5.69 Å². The second kappa shape index (κ2) is 5.36. The molecule has 5 nitrogen and oxygen atoms in total. The van der Waals surface area contributed by atoms with Gasteiger partial charge in [0.15, 0.2) is 0 Å². The van der Waals surface area contributed by atoms with Crippen LogP contribution in [0.1, 0.15) is 38.2 Å². The molecule has 0 heterocycles. The first-order valence-corrected chi connectivity index (χ1v) is 7.53. The quantitative estimate of drug-likeness (QED) is 0.675. The maximum atomic E-state index is 11.0. The van der Waals surface area contributed by atoms with Crippen LogP contribution in [0.3, 0.4) is 0 Å². The highest BCUT2D eigenvalue weighted by Crippen LogP contribution is 2.49. The first kappa shape index (κ1) is 13.9. The van der Waals surface area contributed by atoms with E-state index in [1.165, 1.54) is 37.8 Å². The normalized spacial score (nSPS) is 28.1. The van der Waals surface area contributed by atoms with Crippen molar-refractivity contribution in [3.8, 4) is 6.07 Å². The summed E-state index contributed by atoms with van der Waals surface area (Å²) in [5, 5.41) is 23.3. The lowest BCUT2D eigenvalue weighted by atomic mass is 9.84. The van der Waals surface area contributed by atoms with Crippen molar-refractivity contribution in [1.82, 2.24) is 0 Å². The van der Waals surface area contributed by atoms with Gasteiger partial charge in [0, 0.05) is 17.8 Å². The standard InChI is InChI=1S/C16H19N3O2/c1-10(15-7-11-2-3-12(15)6-11)18-14-5-4-13(9-17)16(8-14)19(20)21/h4-5,8,10-12,15,18H,2-3,6-7H2,1H3. The predicted molar refractivity (Wildman–Crippen MR) is 79.8 cm³/mol. The Morgan fingerprint density at radius 3 is 2.81 bits per heavy atom. The van der Waals surface area contributed by atoms with E-state index in [2.05, 4.69) is 12.2 Å². The SMILES string of the molecule is CC(Nc1ccc(C#N)c([N+](=O)[O-])c1)C1CC2CCC1C2. The molecule has 21 heavy (non-hydrogen) atoms. The molecule has 4 atom stereocenters. The van der Waals surface area contributed by atoms with Gasteiger partial charge in [-0.2, -0.15) is 5.26 Å². The van der Waals surface area contributed by atoms with Crippen molar-refractivity contribution in [2.75, 3.05) is 5.32 Å². The molecule has 2 aliphatic carbocycles. The number of nitrogens with zero attached hydrogens (tertiary/aromatic N) is 2. The van der Waals surface area contributed by atoms with Crippen molar-refractivity contribution < 1.29 is 4.92 Å². The van der Waals surface area contributed by atoms with Gasteiger partial charge in [-0.05, 0) is 56.1 Å². The minimum atomic E-state index is -0.494. The molecule has 1 aromatic rings. The molecule has 4 unspecified atom stereocenters. The van der Waals surface area contributed by atoms with Crippen molar-refractivity contribution in [1.29, 1.82) is 5.26 Å². The van der Waals surface area contributed by atoms with Crippen LogP contribution in [0.2, 0.25) is 0 Å². The number of nitro benzene ring substituents is 1. The molecule has 1 aromatic carbocycles. The lowest BCUT2D eigenvalue weighted by Crippen LogP contribution is -2.29. The molecule has 0 aliphatic heterocycles. The largest absolute Gasteiger partial charge is 0.382 e. The number of hydrogen-bond donors (Lipinski definition) is 1. The Bertz CT molecular complexity index is 608. The third-order valence-corrected chi connectivity index (χ3v) is 5.14. The highest BCUT2D eigenvalue weighted by molar-refractivity contribution is 5.59. The Labute approximate surface area is 124 Å². The summed E-state index contributed by atoms with van der Waals surface area (Å²) in [7, 11) is 0. The zero-order valence-electron chi connectivity index (χ0n) is 12.1. The monoisotopic (exact) mass is 285 g/mol. The van der Waals surface area contributed by atoms with Crippen molar-refractivity contribution >= 4 is 11.4 Å². The highest BCUT2D eigenvalue weighted by atomic mass is 16.6. The molecule has 0 spiro atoms. The van der Waals surface area contributed by atoms with Crippen LogP contribution in [0, 0.1) is 39.2 Å². The first-order valence-electron chi connectivity index (χ1n) is 7.53. The maximum absolute atomic E-state index is 11.0. The smallest absolute Gasteiger partial charge is 0.289 e. The number of hydrogen-bond acceptors (Lipinski definition) is 4. The summed E-state index contributed by atoms with van der Waals surface area (Å²) in [5.74, 6) is 2.36. The van der Waals surface area contributed by atoms with Crippen LogP contribution in [0.5, 0.6) is 0 Å². The summed E-state index contributed by atoms with van der Waals surface area (Å²) in [5.41, 5.74) is 0.719. The Balaban J connectivity index is 1.74. The van der Waals surface area contributed by atoms with Crippen molar-refractivity contribution in [3.05, 3.63) is 33.9 Å². The Morgan fingerprint density at radius 1 is 1.43 bits per heavy atom. The zero-order valence-corrected chi connectivity index (χ0v) is 12.1. The fourth-order valence-electron chi connectivity index (χ4n) is 4.14. The molecule has 2 bridgehead atoms. The predicted octanol–water partition coefficient (Wildman–Crippen LogP) is 3.70. The fourth-order valence-corrected chi connectivity index (χ4v) is 4.14. The van der Waals surface area contributed by atoms with Crippen LogP contribution < -0.4 is 5.32 Å². The Kier molecular flexibility index (Phi) is 3.54. The lowest BCUT2D eigenvalue weighted by Gasteiger charge is -2.29. The number of benzene rings is 1. The zero-order chi connectivity index (χ0) is 15.0. The molecule has 0 amide bonds. The van der Waals surface area contributed by atoms with Gasteiger partial charge in [0.2, 0.25) is 0 Å². The number of nitro groups is 1. The van der Waals surface area contributed by atoms with Crippen LogP contribution in [0.25, 0.3) is 0 Å². The van der Waals surface area contributed by atoms with Crippen molar-refractivity contribution in [2.45, 2.75) is 38.6 Å². The summed E-state index contributed by atoms with van der Waals surface area (Å²) >= 11 is 0. The van der Waals surface area contributed by atoms with Gasteiger partial charge in [-0.1, -0.05) is 6.42 Å². The van der Waals surface area contributed by atoms with E-state index in [0.717, 1.165) is 17.5 Å². The summed E-state index contributed by atoms with van der Waals surface area (Å²) in [6.45, 7) is 2.16. The van der Waals surface area contributed by atoms with E-state index in [1.54, 1.807) is 6.07 Å². The molecule has 3 rings (SSSR count). The average molecular weight is 285 g/mol. The lowest BCUT2D eigenvalue weighted by molar-refractivity contribution is -0.385. The van der Waals surface area contributed by atoms with Crippen molar-refractivity contribution in [3.63, 3.8) is 0 Å². The second-order valence-electron chi connectivity index (χ2n) is 6.37. The molecule has 2 fully saturated rings. The number of nitrogens with one attached hydrogen (secondary N) is 1. The molecule has 0 radical (unpaired) electrons. The van der Waals surface area contributed by atoms with Crippen LogP contribution in [0.4, 0.5) is 11.4 Å². The Hall–Kier alpha value is -2.09. The third kappa shape index (κ3) is 2.58. The van der Waals surface area contributed by atoms with Crippen LogP contribution in [-0.2, 0) is 0 Å². The van der Waals surface area contributed by atoms with Crippen LogP contribution in [0.15, 0.2) is 18.2 Å². The second-order valence-corrected chi connectivity index (χ2v) is 6.37. The van der Waals surface area contributed by atoms with E-state index in [0.29, 0.717) is 12.0 Å². The minimum Gasteiger partial charge on any atom is -0.382 e. The fraction of sp³-hybridized carbons (Fsp3) is 0.562. The summed E-state index contributed by atoms with van der Waals surface area (Å²) in [6, 6.07) is 6.93. The molecule has 0 saturated heterocycles. The maximum Gasteiger partial charge on any atom is 0.289 e. The van der Waals surface area contributed by atoms with Crippen LogP contribution in [-0.4, -0.2) is 11.0 Å². The molecule has 5 heteroatoms. The van der Waals surface area contributed by atoms with E-state index in [9.17, 15) is 10.1 Å². The molecule has 110 valence electrons. The van der Waals surface area contributed by atoms with Crippen molar-refractivity contribution in [2.24, 2.45) is 17.8 Å². The highest BCUT2D eigenvalue weighted by Gasteiger charge is 2.41. The summed E-state index contributed by atoms with van der Waals surface area (Å²) in [6.07, 6.45) is 5.33. The van der Waals surface area contributed by atoms with Gasteiger partial charge in [0.05, 0.1) is 4.92 Å². The van der Waals surface area contributed by atoms with Gasteiger partial charge < -0.3 is 5.32 Å². The van der Waals surface area contributed by atoms with Gasteiger partial charge in [-0.3, -0.25) is 10.1 Å². The molecule has 2 saturated carbocycles. The molecule has 1 N–H and O–H groups in total. The molecular formula is C16H19N3O2. The van der Waals surface area contributed by atoms with E-state index in [-0.39, 0.29) is 11.3 Å². The average Bonchev–Trinajstić information content (AvgIpc) is 3.09. The van der Waals surface area contributed by atoms with Gasteiger partial charge in [-0.25, -0.2) is 0 Å². The molecule has 2 aliphatic rings. The molecule has 0 aromatic heterocycles. The van der Waals surface area contributed by atoms with E-state index < -0.39 is 4.92 Å². The first-order chi connectivity index (χ1) is 10.1. The number of nitriles is 1. The Morgan fingerprint density at radius 2 is 2.24 bits per heavy atom. The summed E-state index contributed by atoms with van der Waals surface area (Å²) in [4.78, 5) is 10.5. The number of anilines is 1. The van der Waals surface area contributed by atoms with E-state index in [1.807, 2.05) is 6.07 Å². The van der Waals surface area contributed by atoms with Gasteiger partial charge in [-0.15, -0.1) is 0 Å². The van der Waals surface area contributed by atoms with E-state index >= 15 is 0 Å². The number of rotatable bonds is 4. The third-order valence-electron chi connectivity index (χ3n) is 5.14. The van der Waals surface area contributed by atoms with Gasteiger partial charge >= 0.3 is 0 Å². The molecular weight excluding hydrogens is 266 g/mol. The van der Waals surface area contributed by atoms with E-state index in [4.69, 9.17) is 5.26 Å². The summed E-state index contributed by atoms with van der Waals surface area (Å²) < 4.78 is 0. The minimum absolute atomic E-state index is 0.109. The van der Waals surface area contributed by atoms with Gasteiger partial charge in [0.1, 0.15) is 11.6 Å². The number of fused-ring (bicyclic) bond motifs is 2.